The van der Waals surface area contributed by atoms with Gasteiger partial charge in [0.05, 0.1) is 11.5 Å². The summed E-state index contributed by atoms with van der Waals surface area (Å²) in [6, 6.07) is 5.43. The Morgan fingerprint density at radius 3 is 2.76 bits per heavy atom. The van der Waals surface area contributed by atoms with E-state index in [2.05, 4.69) is 5.32 Å². The topological polar surface area (TPSA) is 86.7 Å². The van der Waals surface area contributed by atoms with Gasteiger partial charge in [0.25, 0.3) is 0 Å². The maximum absolute atomic E-state index is 11.7. The third kappa shape index (κ3) is 3.98. The molecule has 0 spiro atoms. The molecule has 0 saturated heterocycles. The number of benzene rings is 1. The summed E-state index contributed by atoms with van der Waals surface area (Å²) in [6.45, 7) is 2.20. The minimum absolute atomic E-state index is 0.00982. The number of fused-ring (bicyclic) bond motifs is 1. The maximum atomic E-state index is 11.7. The number of carbonyl (C=O) groups is 3. The van der Waals surface area contributed by atoms with E-state index >= 15 is 0 Å². The van der Waals surface area contributed by atoms with E-state index in [1.807, 2.05) is 12.1 Å². The first-order chi connectivity index (χ1) is 9.97. The molecule has 1 aliphatic heterocycles. The smallest absolute Gasteiger partial charge is 0.313 e. The quantitative estimate of drug-likeness (QED) is 0.857. The summed E-state index contributed by atoms with van der Waals surface area (Å²) in [4.78, 5) is 35.2. The van der Waals surface area contributed by atoms with Gasteiger partial charge in [-0.2, -0.15) is 0 Å². The Kier molecular flexibility index (Phi) is 4.85. The van der Waals surface area contributed by atoms with Crippen molar-refractivity contribution in [3.05, 3.63) is 23.8 Å². The maximum Gasteiger partial charge on any atom is 0.313 e. The predicted molar refractivity (Wildman–Crippen MR) is 81.8 cm³/mol. The minimum atomic E-state index is -0.936. The zero-order valence-electron chi connectivity index (χ0n) is 11.6. The van der Waals surface area contributed by atoms with Crippen molar-refractivity contribution in [2.24, 2.45) is 0 Å². The van der Waals surface area contributed by atoms with Crippen LogP contribution in [0.2, 0.25) is 0 Å². The van der Waals surface area contributed by atoms with E-state index in [0.717, 1.165) is 29.4 Å². The second-order valence-electron chi connectivity index (χ2n) is 4.70. The molecule has 1 heterocycles. The highest BCUT2D eigenvalue weighted by molar-refractivity contribution is 8.00. The van der Waals surface area contributed by atoms with Gasteiger partial charge >= 0.3 is 5.97 Å². The van der Waals surface area contributed by atoms with Crippen LogP contribution in [-0.4, -0.2) is 40.9 Å². The molecule has 1 aliphatic rings. The van der Waals surface area contributed by atoms with Crippen molar-refractivity contribution in [3.8, 4) is 0 Å². The van der Waals surface area contributed by atoms with E-state index in [1.54, 1.807) is 11.0 Å². The van der Waals surface area contributed by atoms with E-state index in [9.17, 15) is 14.4 Å². The van der Waals surface area contributed by atoms with Crippen LogP contribution in [0.15, 0.2) is 18.2 Å². The van der Waals surface area contributed by atoms with E-state index in [1.165, 1.54) is 6.92 Å². The second-order valence-corrected chi connectivity index (χ2v) is 5.68. The molecule has 1 aromatic carbocycles. The number of rotatable bonds is 5. The Morgan fingerprint density at radius 1 is 1.33 bits per heavy atom. The van der Waals surface area contributed by atoms with Crippen molar-refractivity contribution in [2.45, 2.75) is 13.3 Å². The van der Waals surface area contributed by atoms with Crippen molar-refractivity contribution in [3.63, 3.8) is 0 Å². The third-order valence-electron chi connectivity index (χ3n) is 3.10. The Morgan fingerprint density at radius 2 is 2.10 bits per heavy atom. The number of nitrogens with zero attached hydrogens (tertiary/aromatic N) is 1. The Labute approximate surface area is 126 Å². The molecule has 7 heteroatoms. The van der Waals surface area contributed by atoms with Crippen molar-refractivity contribution in [2.75, 3.05) is 28.3 Å². The lowest BCUT2D eigenvalue weighted by Gasteiger charge is -2.15. The average Bonchev–Trinajstić information content (AvgIpc) is 2.81. The zero-order valence-corrected chi connectivity index (χ0v) is 12.4. The Hall–Kier alpha value is -2.02. The van der Waals surface area contributed by atoms with Crippen LogP contribution in [0.25, 0.3) is 0 Å². The fourth-order valence-electron chi connectivity index (χ4n) is 2.23. The van der Waals surface area contributed by atoms with Gasteiger partial charge in [0.1, 0.15) is 0 Å². The lowest BCUT2D eigenvalue weighted by atomic mass is 10.1. The highest BCUT2D eigenvalue weighted by atomic mass is 32.2. The first-order valence-electron chi connectivity index (χ1n) is 6.48. The molecule has 0 saturated carbocycles. The van der Waals surface area contributed by atoms with Crippen LogP contribution in [0, 0.1) is 0 Å². The van der Waals surface area contributed by atoms with Crippen LogP contribution in [0.1, 0.15) is 12.5 Å². The standard InChI is InChI=1S/C14H16N2O4S/c1-9(17)16-5-4-10-6-11(2-3-12(10)16)15-13(18)7-21-8-14(19)20/h2-3,6H,4-5,7-8H2,1H3,(H,15,18)(H,19,20). The highest BCUT2D eigenvalue weighted by Crippen LogP contribution is 2.30. The lowest BCUT2D eigenvalue weighted by molar-refractivity contribution is -0.133. The molecule has 2 rings (SSSR count). The van der Waals surface area contributed by atoms with Crippen LogP contribution in [0.4, 0.5) is 11.4 Å². The average molecular weight is 308 g/mol. The number of thioether (sulfide) groups is 1. The lowest BCUT2D eigenvalue weighted by Crippen LogP contribution is -2.25. The van der Waals surface area contributed by atoms with E-state index in [0.29, 0.717) is 12.2 Å². The fourth-order valence-corrected chi connectivity index (χ4v) is 2.77. The minimum Gasteiger partial charge on any atom is -0.481 e. The molecule has 21 heavy (non-hydrogen) atoms. The number of carboxylic acids is 1. The monoisotopic (exact) mass is 308 g/mol. The van der Waals surface area contributed by atoms with Gasteiger partial charge in [-0.25, -0.2) is 0 Å². The van der Waals surface area contributed by atoms with Crippen LogP contribution in [0.5, 0.6) is 0 Å². The summed E-state index contributed by atoms with van der Waals surface area (Å²) >= 11 is 1.05. The van der Waals surface area contributed by atoms with Gasteiger partial charge in [0.15, 0.2) is 0 Å². The van der Waals surface area contributed by atoms with Crippen LogP contribution in [0.3, 0.4) is 0 Å². The molecule has 1 aromatic rings. The molecular weight excluding hydrogens is 292 g/mol. The van der Waals surface area contributed by atoms with Gasteiger partial charge in [0.2, 0.25) is 11.8 Å². The number of hydrogen-bond donors (Lipinski definition) is 2. The van der Waals surface area contributed by atoms with Crippen molar-refractivity contribution >= 4 is 40.9 Å². The number of carbonyl (C=O) groups excluding carboxylic acids is 2. The Bertz CT molecular complexity index is 588. The van der Waals surface area contributed by atoms with Gasteiger partial charge in [-0.05, 0) is 30.2 Å². The summed E-state index contributed by atoms with van der Waals surface area (Å²) in [5, 5.41) is 11.2. The summed E-state index contributed by atoms with van der Waals surface area (Å²) in [6.07, 6.45) is 0.770. The van der Waals surface area contributed by atoms with Crippen molar-refractivity contribution in [1.29, 1.82) is 0 Å². The van der Waals surface area contributed by atoms with Crippen LogP contribution in [-0.2, 0) is 20.8 Å². The summed E-state index contributed by atoms with van der Waals surface area (Å²) < 4.78 is 0. The van der Waals surface area contributed by atoms with Crippen molar-refractivity contribution < 1.29 is 19.5 Å². The van der Waals surface area contributed by atoms with E-state index < -0.39 is 5.97 Å². The molecule has 0 aromatic heterocycles. The molecule has 6 nitrogen and oxygen atoms in total. The molecule has 0 unspecified atom stereocenters. The van der Waals surface area contributed by atoms with E-state index in [4.69, 9.17) is 5.11 Å². The molecule has 0 radical (unpaired) electrons. The van der Waals surface area contributed by atoms with Gasteiger partial charge in [-0.3, -0.25) is 14.4 Å². The molecule has 0 atom stereocenters. The number of nitrogens with one attached hydrogen (secondary N) is 1. The molecule has 2 amide bonds. The number of aliphatic carboxylic acids is 1. The van der Waals surface area contributed by atoms with Gasteiger partial charge < -0.3 is 15.3 Å². The molecule has 0 bridgehead atoms. The number of hydrogen-bond acceptors (Lipinski definition) is 4. The molecule has 2 N–H and O–H groups in total. The molecular formula is C14H16N2O4S. The predicted octanol–water partition coefficient (Wildman–Crippen LogP) is 1.35. The number of amides is 2. The van der Waals surface area contributed by atoms with E-state index in [-0.39, 0.29) is 23.3 Å². The molecule has 0 aliphatic carbocycles. The van der Waals surface area contributed by atoms with Crippen molar-refractivity contribution in [1.82, 2.24) is 0 Å². The van der Waals surface area contributed by atoms with Crippen LogP contribution >= 0.6 is 11.8 Å². The SMILES string of the molecule is CC(=O)N1CCc2cc(NC(=O)CSCC(=O)O)ccc21. The summed E-state index contributed by atoms with van der Waals surface area (Å²) in [5.41, 5.74) is 2.59. The first-order valence-corrected chi connectivity index (χ1v) is 7.63. The van der Waals surface area contributed by atoms with Crippen LogP contribution < -0.4 is 10.2 Å². The molecule has 112 valence electrons. The van der Waals surface area contributed by atoms with Gasteiger partial charge in [0, 0.05) is 24.8 Å². The number of carboxylic acid groups (broad SMARTS) is 1. The third-order valence-corrected chi connectivity index (χ3v) is 4.01. The number of anilines is 2. The van der Waals surface area contributed by atoms with Gasteiger partial charge in [-0.1, -0.05) is 0 Å². The zero-order chi connectivity index (χ0) is 15.4. The summed E-state index contributed by atoms with van der Waals surface area (Å²) in [5.74, 6) is -1.15. The largest absolute Gasteiger partial charge is 0.481 e. The highest BCUT2D eigenvalue weighted by Gasteiger charge is 2.22. The summed E-state index contributed by atoms with van der Waals surface area (Å²) in [7, 11) is 0. The molecule has 0 fully saturated rings. The van der Waals surface area contributed by atoms with Gasteiger partial charge in [-0.15, -0.1) is 11.8 Å². The normalized spacial score (nSPS) is 12.9. The second kappa shape index (κ2) is 6.62. The Balaban J connectivity index is 1.95. The fraction of sp³-hybridized carbons (Fsp3) is 0.357. The first kappa shape index (κ1) is 15.4.